The van der Waals surface area contributed by atoms with Crippen molar-refractivity contribution in [3.8, 4) is 11.1 Å². The molecule has 0 spiro atoms. The van der Waals surface area contributed by atoms with E-state index in [1.54, 1.807) is 72.8 Å². The number of pyridine rings is 1. The van der Waals surface area contributed by atoms with Gasteiger partial charge in [-0.3, -0.25) is 14.6 Å². The Hall–Kier alpha value is -5.90. The predicted octanol–water partition coefficient (Wildman–Crippen LogP) is 8.97. The average Bonchev–Trinajstić information content (AvgIpc) is 3.07. The van der Waals surface area contributed by atoms with Crippen LogP contribution in [-0.2, 0) is 6.18 Å². The molecule has 0 bridgehead atoms. The Balaban J connectivity index is 1.21. The molecule has 0 saturated carbocycles. The van der Waals surface area contributed by atoms with Gasteiger partial charge in [0.25, 0.3) is 11.8 Å². The fourth-order valence-electron chi connectivity index (χ4n) is 5.18. The first-order valence-electron chi connectivity index (χ1n) is 14.3. The zero-order chi connectivity index (χ0) is 33.1. The Morgan fingerprint density at radius 1 is 0.681 bits per heavy atom. The number of amides is 2. The van der Waals surface area contributed by atoms with E-state index in [-0.39, 0.29) is 11.1 Å². The number of carbonyl (C=O) groups is 2. The maximum atomic E-state index is 13.6. The summed E-state index contributed by atoms with van der Waals surface area (Å²) in [6, 6.07) is 28.4. The van der Waals surface area contributed by atoms with Crippen molar-refractivity contribution in [1.29, 1.82) is 0 Å². The molecule has 5 nitrogen and oxygen atoms in total. The number of aromatic nitrogens is 1. The van der Waals surface area contributed by atoms with Crippen molar-refractivity contribution in [3.63, 3.8) is 0 Å². The van der Waals surface area contributed by atoms with E-state index >= 15 is 0 Å². The van der Waals surface area contributed by atoms with Crippen LogP contribution >= 0.6 is 0 Å². The molecule has 6 rings (SSSR count). The normalized spacial score (nSPS) is 11.4. The summed E-state index contributed by atoms with van der Waals surface area (Å²) in [7, 11) is 0. The Kier molecular flexibility index (Phi) is 8.50. The highest BCUT2D eigenvalue weighted by atomic mass is 19.4. The quantitative estimate of drug-likeness (QED) is 0.172. The molecule has 234 valence electrons. The summed E-state index contributed by atoms with van der Waals surface area (Å²) in [6.45, 7) is 0. The monoisotopic (exact) mass is 637 g/mol. The lowest BCUT2D eigenvalue weighted by Gasteiger charge is -2.20. The molecule has 1 heterocycles. The number of nitrogens with zero attached hydrogens (tertiary/aromatic N) is 1. The number of benzene rings is 5. The Morgan fingerprint density at radius 3 is 1.91 bits per heavy atom. The number of anilines is 1. The van der Waals surface area contributed by atoms with Crippen molar-refractivity contribution in [2.45, 2.75) is 12.2 Å². The maximum Gasteiger partial charge on any atom is 0.416 e. The molecule has 0 fully saturated rings. The molecule has 0 aliphatic heterocycles. The van der Waals surface area contributed by atoms with Crippen LogP contribution in [0.15, 0.2) is 128 Å². The Morgan fingerprint density at radius 2 is 1.30 bits per heavy atom. The lowest BCUT2D eigenvalue weighted by molar-refractivity contribution is -0.137. The van der Waals surface area contributed by atoms with Gasteiger partial charge in [-0.05, 0) is 82.9 Å². The predicted molar refractivity (Wildman–Crippen MR) is 169 cm³/mol. The number of fused-ring (bicyclic) bond motifs is 1. The smallest absolute Gasteiger partial charge is 0.341 e. The minimum absolute atomic E-state index is 0.244. The lowest BCUT2D eigenvalue weighted by Crippen LogP contribution is -2.29. The molecule has 2 amide bonds. The molecule has 0 aliphatic carbocycles. The summed E-state index contributed by atoms with van der Waals surface area (Å²) in [5, 5.41) is 6.34. The van der Waals surface area contributed by atoms with Crippen molar-refractivity contribution < 1.29 is 31.5 Å². The lowest BCUT2D eigenvalue weighted by atomic mass is 9.98. The van der Waals surface area contributed by atoms with Crippen LogP contribution in [-0.4, -0.2) is 16.8 Å². The maximum absolute atomic E-state index is 13.6. The highest BCUT2D eigenvalue weighted by molar-refractivity contribution is 6.09. The number of carbonyl (C=O) groups excluding carboxylic acids is 2. The van der Waals surface area contributed by atoms with Crippen LogP contribution in [0.4, 0.5) is 27.6 Å². The third kappa shape index (κ3) is 7.01. The largest absolute Gasteiger partial charge is 0.416 e. The Labute approximate surface area is 265 Å². The third-order valence-electron chi connectivity index (χ3n) is 7.58. The molecule has 1 aromatic heterocycles. The van der Waals surface area contributed by atoms with Gasteiger partial charge < -0.3 is 10.6 Å². The van der Waals surface area contributed by atoms with Crippen molar-refractivity contribution in [3.05, 3.63) is 167 Å². The molecule has 47 heavy (non-hydrogen) atoms. The van der Waals surface area contributed by atoms with E-state index in [1.165, 1.54) is 42.6 Å². The van der Waals surface area contributed by atoms with E-state index in [0.717, 1.165) is 12.1 Å². The molecule has 5 aromatic carbocycles. The summed E-state index contributed by atoms with van der Waals surface area (Å²) >= 11 is 0. The topological polar surface area (TPSA) is 71.1 Å². The van der Waals surface area contributed by atoms with E-state index in [2.05, 4.69) is 15.6 Å². The van der Waals surface area contributed by atoms with E-state index in [1.807, 2.05) is 0 Å². The van der Waals surface area contributed by atoms with Gasteiger partial charge in [0, 0.05) is 22.8 Å². The first-order chi connectivity index (χ1) is 22.5. The van der Waals surface area contributed by atoms with Gasteiger partial charge in [-0.2, -0.15) is 13.2 Å². The van der Waals surface area contributed by atoms with Crippen molar-refractivity contribution in [1.82, 2.24) is 10.3 Å². The van der Waals surface area contributed by atoms with Crippen LogP contribution in [0.25, 0.3) is 22.0 Å². The summed E-state index contributed by atoms with van der Waals surface area (Å²) in [5.41, 5.74) is 2.75. The molecular weight excluding hydrogens is 613 g/mol. The van der Waals surface area contributed by atoms with Crippen LogP contribution in [0.5, 0.6) is 0 Å². The number of alkyl halides is 3. The van der Waals surface area contributed by atoms with Gasteiger partial charge in [-0.25, -0.2) is 8.78 Å². The summed E-state index contributed by atoms with van der Waals surface area (Å²) in [6.07, 6.45) is -3.09. The molecule has 10 heteroatoms. The van der Waals surface area contributed by atoms with Crippen molar-refractivity contribution >= 4 is 28.4 Å². The number of rotatable bonds is 7. The van der Waals surface area contributed by atoms with Gasteiger partial charge in [-0.1, -0.05) is 60.7 Å². The molecule has 2 N–H and O–H groups in total. The number of halogens is 5. The summed E-state index contributed by atoms with van der Waals surface area (Å²) < 4.78 is 66.3. The third-order valence-corrected chi connectivity index (χ3v) is 7.58. The van der Waals surface area contributed by atoms with Gasteiger partial charge in [0.15, 0.2) is 0 Å². The highest BCUT2D eigenvalue weighted by Crippen LogP contribution is 2.32. The van der Waals surface area contributed by atoms with Gasteiger partial charge in [-0.15, -0.1) is 0 Å². The minimum atomic E-state index is -4.47. The molecule has 0 saturated heterocycles. The van der Waals surface area contributed by atoms with E-state index in [0.29, 0.717) is 38.8 Å². The van der Waals surface area contributed by atoms with Crippen molar-refractivity contribution in [2.24, 2.45) is 0 Å². The molecule has 0 radical (unpaired) electrons. The van der Waals surface area contributed by atoms with Crippen LogP contribution in [0.3, 0.4) is 0 Å². The summed E-state index contributed by atoms with van der Waals surface area (Å²) in [5.74, 6) is -1.80. The minimum Gasteiger partial charge on any atom is -0.341 e. The second-order valence-corrected chi connectivity index (χ2v) is 10.7. The fourth-order valence-corrected chi connectivity index (χ4v) is 5.18. The SMILES string of the molecule is O=C(NC(c1ccc(F)cc1)c1ccc(F)cc1)c1cnc2cc(NC(=O)c3ccccc3-c3ccc(C(F)(F)F)cc3)ccc2c1. The standard InChI is InChI=1S/C37H24F5N3O2/c38-28-14-7-23(8-15-28)34(24-9-16-29(39)17-10-24)45-35(46)26-19-25-11-18-30(20-33(25)43-21-26)44-36(47)32-4-2-1-3-31(32)22-5-12-27(13-6-22)37(40,41)42/h1-21,34H,(H,44,47)(H,45,46). The number of hydrogen-bond donors (Lipinski definition) is 2. The van der Waals surface area contributed by atoms with Crippen LogP contribution in [0, 0.1) is 11.6 Å². The second-order valence-electron chi connectivity index (χ2n) is 10.7. The first-order valence-corrected chi connectivity index (χ1v) is 14.3. The highest BCUT2D eigenvalue weighted by Gasteiger charge is 2.30. The van der Waals surface area contributed by atoms with E-state index < -0.39 is 41.2 Å². The Bertz CT molecular complexity index is 2030. The molecule has 0 atom stereocenters. The molecule has 6 aromatic rings. The van der Waals surface area contributed by atoms with Crippen LogP contribution in [0.2, 0.25) is 0 Å². The van der Waals surface area contributed by atoms with Crippen molar-refractivity contribution in [2.75, 3.05) is 5.32 Å². The van der Waals surface area contributed by atoms with Gasteiger partial charge in [0.2, 0.25) is 0 Å². The number of hydrogen-bond acceptors (Lipinski definition) is 3. The molecular formula is C37H24F5N3O2. The average molecular weight is 638 g/mol. The fraction of sp³-hybridized carbons (Fsp3) is 0.0541. The summed E-state index contributed by atoms with van der Waals surface area (Å²) in [4.78, 5) is 31.0. The second kappa shape index (κ2) is 12.8. The number of nitrogens with one attached hydrogen (secondary N) is 2. The molecule has 0 aliphatic rings. The zero-order valence-corrected chi connectivity index (χ0v) is 24.4. The zero-order valence-electron chi connectivity index (χ0n) is 24.4. The van der Waals surface area contributed by atoms with E-state index in [4.69, 9.17) is 0 Å². The van der Waals surface area contributed by atoms with E-state index in [9.17, 15) is 31.5 Å². The first kappa shape index (κ1) is 31.1. The van der Waals surface area contributed by atoms with Crippen LogP contribution < -0.4 is 10.6 Å². The van der Waals surface area contributed by atoms with Gasteiger partial charge in [0.1, 0.15) is 11.6 Å². The van der Waals surface area contributed by atoms with Crippen LogP contribution in [0.1, 0.15) is 43.4 Å². The van der Waals surface area contributed by atoms with Gasteiger partial charge in [0.05, 0.1) is 22.7 Å². The van der Waals surface area contributed by atoms with Gasteiger partial charge >= 0.3 is 6.18 Å². The molecule has 0 unspecified atom stereocenters.